The van der Waals surface area contributed by atoms with E-state index < -0.39 is 5.97 Å². The average Bonchev–Trinajstić information content (AvgIpc) is 2.98. The molecular formula is C15H15NO3S2. The van der Waals surface area contributed by atoms with Crippen LogP contribution in [-0.2, 0) is 4.79 Å². The number of anilines is 1. The largest absolute Gasteiger partial charge is 0.478 e. The first-order valence-electron chi connectivity index (χ1n) is 6.45. The summed E-state index contributed by atoms with van der Waals surface area (Å²) in [5.41, 5.74) is 0.432. The standard InChI is InChI=1S/C15H15NO3S2/c1-2-12(21-13-8-5-9-20-13)14(17)16-11-7-4-3-6-10(11)15(18)19/h3-9,12H,2H2,1H3,(H,16,17)(H,18,19). The summed E-state index contributed by atoms with van der Waals surface area (Å²) in [5, 5.41) is 13.6. The fourth-order valence-corrected chi connectivity index (χ4v) is 3.74. The van der Waals surface area contributed by atoms with Gasteiger partial charge in [0, 0.05) is 0 Å². The van der Waals surface area contributed by atoms with Crippen molar-refractivity contribution >= 4 is 40.7 Å². The number of rotatable bonds is 6. The molecule has 0 aliphatic carbocycles. The second-order valence-electron chi connectivity index (χ2n) is 4.29. The molecule has 1 unspecified atom stereocenters. The molecule has 0 bridgehead atoms. The van der Waals surface area contributed by atoms with Gasteiger partial charge in [0.25, 0.3) is 0 Å². The van der Waals surface area contributed by atoms with E-state index in [2.05, 4.69) is 5.32 Å². The Kier molecular flexibility index (Phi) is 5.41. The lowest BCUT2D eigenvalue weighted by molar-refractivity contribution is -0.115. The van der Waals surface area contributed by atoms with Gasteiger partial charge in [-0.3, -0.25) is 4.79 Å². The molecule has 21 heavy (non-hydrogen) atoms. The van der Waals surface area contributed by atoms with E-state index in [-0.39, 0.29) is 16.7 Å². The Morgan fingerprint density at radius 3 is 2.67 bits per heavy atom. The summed E-state index contributed by atoms with van der Waals surface area (Å²) < 4.78 is 1.07. The molecule has 1 aromatic carbocycles. The third-order valence-electron chi connectivity index (χ3n) is 2.83. The predicted octanol–water partition coefficient (Wildman–Crippen LogP) is 3.96. The number of amides is 1. The maximum Gasteiger partial charge on any atom is 0.337 e. The first-order valence-corrected chi connectivity index (χ1v) is 8.21. The average molecular weight is 321 g/mol. The van der Waals surface area contributed by atoms with Gasteiger partial charge < -0.3 is 10.4 Å². The zero-order valence-electron chi connectivity index (χ0n) is 11.4. The highest BCUT2D eigenvalue weighted by Gasteiger charge is 2.20. The zero-order valence-corrected chi connectivity index (χ0v) is 13.0. The molecule has 1 heterocycles. The van der Waals surface area contributed by atoms with Gasteiger partial charge in [0.2, 0.25) is 5.91 Å². The molecule has 110 valence electrons. The van der Waals surface area contributed by atoms with E-state index in [1.54, 1.807) is 29.5 Å². The quantitative estimate of drug-likeness (QED) is 0.790. The number of carboxylic acids is 1. The Morgan fingerprint density at radius 1 is 1.29 bits per heavy atom. The summed E-state index contributed by atoms with van der Waals surface area (Å²) in [6.45, 7) is 1.94. The first kappa shape index (κ1) is 15.6. The van der Waals surface area contributed by atoms with Crippen molar-refractivity contribution in [2.24, 2.45) is 0 Å². The van der Waals surface area contributed by atoms with Crippen molar-refractivity contribution in [1.29, 1.82) is 0 Å². The highest BCUT2D eigenvalue weighted by molar-refractivity contribution is 8.02. The van der Waals surface area contributed by atoms with Crippen molar-refractivity contribution in [2.75, 3.05) is 5.32 Å². The van der Waals surface area contributed by atoms with Crippen LogP contribution in [0.25, 0.3) is 0 Å². The second kappa shape index (κ2) is 7.28. The van der Waals surface area contributed by atoms with E-state index >= 15 is 0 Å². The van der Waals surface area contributed by atoms with E-state index in [0.717, 1.165) is 4.21 Å². The molecule has 2 rings (SSSR count). The van der Waals surface area contributed by atoms with Gasteiger partial charge in [-0.25, -0.2) is 4.79 Å². The van der Waals surface area contributed by atoms with E-state index in [4.69, 9.17) is 5.11 Å². The molecule has 0 fully saturated rings. The van der Waals surface area contributed by atoms with Crippen LogP contribution in [0.4, 0.5) is 5.69 Å². The Bertz CT molecular complexity index is 626. The van der Waals surface area contributed by atoms with Crippen molar-refractivity contribution in [3.05, 3.63) is 47.3 Å². The third kappa shape index (κ3) is 4.09. The lowest BCUT2D eigenvalue weighted by Crippen LogP contribution is -2.25. The van der Waals surface area contributed by atoms with Crippen molar-refractivity contribution in [1.82, 2.24) is 0 Å². The van der Waals surface area contributed by atoms with Crippen LogP contribution in [0.3, 0.4) is 0 Å². The number of hydrogen-bond donors (Lipinski definition) is 2. The van der Waals surface area contributed by atoms with E-state index in [0.29, 0.717) is 12.1 Å². The summed E-state index contributed by atoms with van der Waals surface area (Å²) >= 11 is 3.08. The van der Waals surface area contributed by atoms with E-state index in [1.807, 2.05) is 24.4 Å². The number of benzene rings is 1. The Hall–Kier alpha value is -1.79. The summed E-state index contributed by atoms with van der Waals surface area (Å²) in [7, 11) is 0. The number of thiophene rings is 1. The molecule has 0 saturated heterocycles. The monoisotopic (exact) mass is 321 g/mol. The molecule has 1 atom stereocenters. The van der Waals surface area contributed by atoms with Gasteiger partial charge in [-0.1, -0.05) is 25.1 Å². The van der Waals surface area contributed by atoms with E-state index in [1.165, 1.54) is 17.8 Å². The van der Waals surface area contributed by atoms with Gasteiger partial charge in [-0.05, 0) is 30.0 Å². The number of carbonyl (C=O) groups is 2. The minimum atomic E-state index is -1.05. The summed E-state index contributed by atoms with van der Waals surface area (Å²) in [5.74, 6) is -1.23. The topological polar surface area (TPSA) is 66.4 Å². The van der Waals surface area contributed by atoms with Crippen molar-refractivity contribution < 1.29 is 14.7 Å². The fraction of sp³-hybridized carbons (Fsp3) is 0.200. The highest BCUT2D eigenvalue weighted by atomic mass is 32.2. The maximum atomic E-state index is 12.3. The number of aromatic carboxylic acids is 1. The number of carboxylic acid groups (broad SMARTS) is 1. The van der Waals surface area contributed by atoms with Crippen molar-refractivity contribution in [3.63, 3.8) is 0 Å². The van der Waals surface area contributed by atoms with Crippen LogP contribution in [0.1, 0.15) is 23.7 Å². The molecule has 0 spiro atoms. The summed E-state index contributed by atoms with van der Waals surface area (Å²) in [6, 6.07) is 10.3. The minimum Gasteiger partial charge on any atom is -0.478 e. The molecule has 0 aliphatic heterocycles. The van der Waals surface area contributed by atoms with Crippen molar-refractivity contribution in [3.8, 4) is 0 Å². The number of hydrogen-bond acceptors (Lipinski definition) is 4. The number of nitrogens with one attached hydrogen (secondary N) is 1. The number of para-hydroxylation sites is 1. The van der Waals surface area contributed by atoms with E-state index in [9.17, 15) is 9.59 Å². The van der Waals surface area contributed by atoms with Gasteiger partial charge in [0.05, 0.1) is 20.7 Å². The van der Waals surface area contributed by atoms with Gasteiger partial charge in [0.1, 0.15) is 0 Å². The lowest BCUT2D eigenvalue weighted by Gasteiger charge is -2.15. The third-order valence-corrected chi connectivity index (χ3v) is 5.27. The predicted molar refractivity (Wildman–Crippen MR) is 86.3 cm³/mol. The molecular weight excluding hydrogens is 306 g/mol. The Labute approximate surface area is 131 Å². The molecule has 6 heteroatoms. The molecule has 4 nitrogen and oxygen atoms in total. The smallest absolute Gasteiger partial charge is 0.337 e. The van der Waals surface area contributed by atoms with Crippen LogP contribution in [-0.4, -0.2) is 22.2 Å². The van der Waals surface area contributed by atoms with Gasteiger partial charge in [-0.2, -0.15) is 0 Å². The first-order chi connectivity index (χ1) is 10.1. The van der Waals surface area contributed by atoms with Gasteiger partial charge in [-0.15, -0.1) is 23.1 Å². The molecule has 0 radical (unpaired) electrons. The van der Waals surface area contributed by atoms with Crippen LogP contribution < -0.4 is 5.32 Å². The molecule has 1 amide bonds. The number of carbonyl (C=O) groups excluding carboxylic acids is 1. The van der Waals surface area contributed by atoms with Crippen LogP contribution >= 0.6 is 23.1 Å². The van der Waals surface area contributed by atoms with Crippen LogP contribution in [0.2, 0.25) is 0 Å². The summed E-state index contributed by atoms with van der Waals surface area (Å²) in [4.78, 5) is 23.5. The molecule has 0 aliphatic rings. The molecule has 0 saturated carbocycles. The molecule has 1 aromatic heterocycles. The van der Waals surface area contributed by atoms with Gasteiger partial charge in [0.15, 0.2) is 0 Å². The highest BCUT2D eigenvalue weighted by Crippen LogP contribution is 2.30. The lowest BCUT2D eigenvalue weighted by atomic mass is 10.1. The minimum absolute atomic E-state index is 0.0989. The SMILES string of the molecule is CCC(Sc1cccs1)C(=O)Nc1ccccc1C(=O)O. The molecule has 2 aromatic rings. The normalized spacial score (nSPS) is 11.9. The van der Waals surface area contributed by atoms with Gasteiger partial charge >= 0.3 is 5.97 Å². The zero-order chi connectivity index (χ0) is 15.2. The van der Waals surface area contributed by atoms with Crippen LogP contribution in [0, 0.1) is 0 Å². The number of thioether (sulfide) groups is 1. The van der Waals surface area contributed by atoms with Crippen LogP contribution in [0.15, 0.2) is 46.0 Å². The van der Waals surface area contributed by atoms with Crippen LogP contribution in [0.5, 0.6) is 0 Å². The Balaban J connectivity index is 2.11. The fourth-order valence-electron chi connectivity index (χ4n) is 1.78. The second-order valence-corrected chi connectivity index (χ2v) is 6.74. The Morgan fingerprint density at radius 2 is 2.05 bits per heavy atom. The summed E-state index contributed by atoms with van der Waals surface area (Å²) in [6.07, 6.45) is 0.670. The molecule has 2 N–H and O–H groups in total. The maximum absolute atomic E-state index is 12.3. The van der Waals surface area contributed by atoms with Crippen molar-refractivity contribution in [2.45, 2.75) is 22.8 Å².